The molecule has 0 N–H and O–H groups in total. The van der Waals surface area contributed by atoms with Gasteiger partial charge in [-0.2, -0.15) is 13.2 Å². The Morgan fingerprint density at radius 2 is 2.32 bits per heavy atom. The Hall–Kier alpha value is -1.15. The van der Waals surface area contributed by atoms with Crippen LogP contribution in [0, 0.1) is 5.92 Å². The zero-order valence-corrected chi connectivity index (χ0v) is 13.3. The topological polar surface area (TPSA) is 36.4 Å². The first-order valence-electron chi connectivity index (χ1n) is 7.34. The van der Waals surface area contributed by atoms with E-state index < -0.39 is 12.7 Å². The lowest BCUT2D eigenvalue weighted by Gasteiger charge is -2.34. The maximum atomic E-state index is 12.5. The lowest BCUT2D eigenvalue weighted by atomic mass is 9.96. The molecule has 1 amide bonds. The van der Waals surface area contributed by atoms with E-state index in [0.29, 0.717) is 19.5 Å². The number of aromatic nitrogens is 1. The standard InChI is InChI=1S/C14H20F3N3OS/c1-2-20(9-14(15,16)17)13(21)11-4-3-5-19(6-11)7-12-8-22-10-18-12/h8,10-11H,2-7,9H2,1H3/t11-/m0/s1. The second-order valence-corrected chi connectivity index (χ2v) is 6.24. The Morgan fingerprint density at radius 1 is 1.55 bits per heavy atom. The molecular formula is C14H20F3N3OS. The van der Waals surface area contributed by atoms with Gasteiger partial charge >= 0.3 is 6.18 Å². The summed E-state index contributed by atoms with van der Waals surface area (Å²) in [6, 6.07) is 0. The molecule has 0 unspecified atom stereocenters. The predicted octanol–water partition coefficient (Wildman–Crippen LogP) is 2.77. The second kappa shape index (κ2) is 7.41. The minimum absolute atomic E-state index is 0.0843. The number of halogens is 3. The number of nitrogens with zero attached hydrogens (tertiary/aromatic N) is 3. The Labute approximate surface area is 131 Å². The highest BCUT2D eigenvalue weighted by Crippen LogP contribution is 2.23. The number of hydrogen-bond donors (Lipinski definition) is 0. The molecule has 0 aliphatic carbocycles. The molecule has 8 heteroatoms. The van der Waals surface area contributed by atoms with E-state index in [2.05, 4.69) is 9.88 Å². The van der Waals surface area contributed by atoms with Gasteiger partial charge in [-0.3, -0.25) is 9.69 Å². The zero-order chi connectivity index (χ0) is 16.2. The van der Waals surface area contributed by atoms with E-state index >= 15 is 0 Å². The van der Waals surface area contributed by atoms with Crippen LogP contribution >= 0.6 is 11.3 Å². The first-order chi connectivity index (χ1) is 10.4. The van der Waals surface area contributed by atoms with Crippen molar-refractivity contribution in [1.82, 2.24) is 14.8 Å². The summed E-state index contributed by atoms with van der Waals surface area (Å²) in [5.74, 6) is -0.738. The van der Waals surface area contributed by atoms with Gasteiger partial charge in [-0.15, -0.1) is 11.3 Å². The Morgan fingerprint density at radius 3 is 2.91 bits per heavy atom. The second-order valence-electron chi connectivity index (χ2n) is 5.52. The molecule has 2 heterocycles. The molecule has 1 aromatic heterocycles. The van der Waals surface area contributed by atoms with Gasteiger partial charge in [0.25, 0.3) is 0 Å². The van der Waals surface area contributed by atoms with Gasteiger partial charge in [0.05, 0.1) is 17.1 Å². The number of carbonyl (C=O) groups excluding carboxylic acids is 1. The minimum atomic E-state index is -4.35. The largest absolute Gasteiger partial charge is 0.406 e. The van der Waals surface area contributed by atoms with Gasteiger partial charge < -0.3 is 4.90 Å². The summed E-state index contributed by atoms with van der Waals surface area (Å²) in [7, 11) is 0. The third-order valence-electron chi connectivity index (χ3n) is 3.79. The summed E-state index contributed by atoms with van der Waals surface area (Å²) in [5, 5.41) is 1.95. The molecule has 0 aromatic carbocycles. The average Bonchev–Trinajstić information content (AvgIpc) is 2.96. The molecule has 1 fully saturated rings. The molecule has 1 aliphatic rings. The number of piperidine rings is 1. The van der Waals surface area contributed by atoms with E-state index in [1.54, 1.807) is 12.4 Å². The van der Waals surface area contributed by atoms with E-state index in [1.807, 2.05) is 5.38 Å². The summed E-state index contributed by atoms with van der Waals surface area (Å²) < 4.78 is 37.6. The fourth-order valence-corrected chi connectivity index (χ4v) is 3.32. The number of carbonyl (C=O) groups is 1. The van der Waals surface area contributed by atoms with Crippen LogP contribution in [0.4, 0.5) is 13.2 Å². The van der Waals surface area contributed by atoms with Gasteiger partial charge in [0.2, 0.25) is 5.91 Å². The molecule has 2 rings (SSSR count). The van der Waals surface area contributed by atoms with Crippen molar-refractivity contribution in [3.8, 4) is 0 Å². The number of thiazole rings is 1. The normalized spacial score (nSPS) is 20.1. The van der Waals surface area contributed by atoms with Gasteiger partial charge in [0.15, 0.2) is 0 Å². The lowest BCUT2D eigenvalue weighted by molar-refractivity contribution is -0.164. The quantitative estimate of drug-likeness (QED) is 0.830. The fraction of sp³-hybridized carbons (Fsp3) is 0.714. The van der Waals surface area contributed by atoms with Crippen molar-refractivity contribution in [2.45, 2.75) is 32.5 Å². The van der Waals surface area contributed by atoms with Crippen molar-refractivity contribution < 1.29 is 18.0 Å². The van der Waals surface area contributed by atoms with Crippen LogP contribution in [0.1, 0.15) is 25.5 Å². The molecule has 1 atom stereocenters. The SMILES string of the molecule is CCN(CC(F)(F)F)C(=O)[C@H]1CCCN(Cc2cscn2)C1. The molecule has 1 saturated heterocycles. The van der Waals surface area contributed by atoms with Crippen molar-refractivity contribution in [3.05, 3.63) is 16.6 Å². The molecule has 124 valence electrons. The van der Waals surface area contributed by atoms with E-state index in [-0.39, 0.29) is 18.4 Å². The Bertz CT molecular complexity index is 478. The van der Waals surface area contributed by atoms with Crippen LogP contribution in [0.25, 0.3) is 0 Å². The molecule has 4 nitrogen and oxygen atoms in total. The fourth-order valence-electron chi connectivity index (χ4n) is 2.77. The molecule has 0 bridgehead atoms. The van der Waals surface area contributed by atoms with Crippen molar-refractivity contribution in [2.24, 2.45) is 5.92 Å². The summed E-state index contributed by atoms with van der Waals surface area (Å²) >= 11 is 1.51. The van der Waals surface area contributed by atoms with Crippen molar-refractivity contribution in [2.75, 3.05) is 26.2 Å². The highest BCUT2D eigenvalue weighted by atomic mass is 32.1. The number of amides is 1. The molecule has 0 spiro atoms. The molecule has 22 heavy (non-hydrogen) atoms. The van der Waals surface area contributed by atoms with Crippen LogP contribution < -0.4 is 0 Å². The minimum Gasteiger partial charge on any atom is -0.334 e. The Balaban J connectivity index is 1.94. The number of hydrogen-bond acceptors (Lipinski definition) is 4. The highest BCUT2D eigenvalue weighted by molar-refractivity contribution is 7.07. The average molecular weight is 335 g/mol. The number of alkyl halides is 3. The van der Waals surface area contributed by atoms with Crippen LogP contribution in [0.15, 0.2) is 10.9 Å². The van der Waals surface area contributed by atoms with E-state index in [4.69, 9.17) is 0 Å². The lowest BCUT2D eigenvalue weighted by Crippen LogP contribution is -2.47. The van der Waals surface area contributed by atoms with Crippen LogP contribution in [-0.2, 0) is 11.3 Å². The molecular weight excluding hydrogens is 315 g/mol. The Kier molecular flexibility index (Phi) is 5.80. The molecule has 0 saturated carbocycles. The van der Waals surface area contributed by atoms with Gasteiger partial charge in [-0.1, -0.05) is 0 Å². The highest BCUT2D eigenvalue weighted by Gasteiger charge is 2.36. The molecule has 0 radical (unpaired) electrons. The summed E-state index contributed by atoms with van der Waals surface area (Å²) in [5.41, 5.74) is 2.70. The maximum absolute atomic E-state index is 12.5. The van der Waals surface area contributed by atoms with Crippen LogP contribution in [-0.4, -0.2) is 53.0 Å². The van der Waals surface area contributed by atoms with E-state index in [1.165, 1.54) is 11.3 Å². The smallest absolute Gasteiger partial charge is 0.334 e. The predicted molar refractivity (Wildman–Crippen MR) is 78.4 cm³/mol. The van der Waals surface area contributed by atoms with Crippen LogP contribution in [0.5, 0.6) is 0 Å². The molecule has 1 aliphatic heterocycles. The van der Waals surface area contributed by atoms with Crippen molar-refractivity contribution >= 4 is 17.2 Å². The van der Waals surface area contributed by atoms with Gasteiger partial charge in [-0.25, -0.2) is 4.98 Å². The van der Waals surface area contributed by atoms with Crippen LogP contribution in [0.3, 0.4) is 0 Å². The first-order valence-corrected chi connectivity index (χ1v) is 8.28. The third-order valence-corrected chi connectivity index (χ3v) is 4.42. The van der Waals surface area contributed by atoms with Crippen LogP contribution in [0.2, 0.25) is 0 Å². The summed E-state index contributed by atoms with van der Waals surface area (Å²) in [6.45, 7) is 2.52. The third kappa shape index (κ3) is 4.95. The summed E-state index contributed by atoms with van der Waals surface area (Å²) in [6.07, 6.45) is -2.87. The first kappa shape index (κ1) is 17.2. The van der Waals surface area contributed by atoms with Gasteiger partial charge in [-0.05, 0) is 26.3 Å². The van der Waals surface area contributed by atoms with Crippen molar-refractivity contribution in [1.29, 1.82) is 0 Å². The number of likely N-dealkylation sites (tertiary alicyclic amines) is 1. The van der Waals surface area contributed by atoms with Crippen molar-refractivity contribution in [3.63, 3.8) is 0 Å². The number of rotatable bonds is 5. The zero-order valence-electron chi connectivity index (χ0n) is 12.5. The van der Waals surface area contributed by atoms with Gasteiger partial charge in [0, 0.05) is 25.0 Å². The van der Waals surface area contributed by atoms with E-state index in [9.17, 15) is 18.0 Å². The monoisotopic (exact) mass is 335 g/mol. The van der Waals surface area contributed by atoms with E-state index in [0.717, 1.165) is 23.6 Å². The molecule has 1 aromatic rings. The summed E-state index contributed by atoms with van der Waals surface area (Å²) in [4.78, 5) is 19.6. The van der Waals surface area contributed by atoms with Gasteiger partial charge in [0.1, 0.15) is 6.54 Å². The maximum Gasteiger partial charge on any atom is 0.406 e.